The minimum atomic E-state index is -3.83. The second-order valence-electron chi connectivity index (χ2n) is 3.67. The van der Waals surface area contributed by atoms with Gasteiger partial charge in [0.1, 0.15) is 0 Å². The molecule has 0 fully saturated rings. The number of terminal acetylenes is 1. The number of benzene rings is 2. The van der Waals surface area contributed by atoms with Crippen molar-refractivity contribution in [2.45, 2.75) is 4.90 Å². The molecule has 0 aliphatic carbocycles. The van der Waals surface area contributed by atoms with Crippen LogP contribution in [0.5, 0.6) is 0 Å². The highest BCUT2D eigenvalue weighted by Crippen LogP contribution is 2.14. The summed E-state index contributed by atoms with van der Waals surface area (Å²) < 4.78 is 28.4. The first-order valence-electron chi connectivity index (χ1n) is 5.43. The quantitative estimate of drug-likeness (QED) is 0.686. The third kappa shape index (κ3) is 3.35. The van der Waals surface area contributed by atoms with Gasteiger partial charge in [-0.3, -0.25) is 0 Å². The standard InChI is InChI=1S/C14H11NO3S/c1-2-12-8-10-13(11-9-12)15-18-19(16,17)14-6-4-3-5-7-14/h1,3-11,15H. The van der Waals surface area contributed by atoms with Crippen LogP contribution >= 0.6 is 0 Å². The topological polar surface area (TPSA) is 55.4 Å². The normalized spacial score (nSPS) is 10.7. The van der Waals surface area contributed by atoms with Crippen LogP contribution in [0.2, 0.25) is 0 Å². The lowest BCUT2D eigenvalue weighted by atomic mass is 10.2. The maximum atomic E-state index is 11.8. The van der Waals surface area contributed by atoms with Gasteiger partial charge in [-0.2, -0.15) is 8.42 Å². The fourth-order valence-electron chi connectivity index (χ4n) is 1.37. The van der Waals surface area contributed by atoms with E-state index < -0.39 is 10.1 Å². The molecule has 0 unspecified atom stereocenters. The van der Waals surface area contributed by atoms with E-state index in [1.807, 2.05) is 0 Å². The summed E-state index contributed by atoms with van der Waals surface area (Å²) in [6.45, 7) is 0. The molecule has 96 valence electrons. The Kier molecular flexibility index (Phi) is 3.85. The van der Waals surface area contributed by atoms with Crippen molar-refractivity contribution in [1.82, 2.24) is 0 Å². The SMILES string of the molecule is C#Cc1ccc(NOS(=O)(=O)c2ccccc2)cc1. The molecule has 0 atom stereocenters. The van der Waals surface area contributed by atoms with Crippen molar-refractivity contribution in [3.05, 3.63) is 60.2 Å². The fourth-order valence-corrected chi connectivity index (χ4v) is 2.17. The summed E-state index contributed by atoms with van der Waals surface area (Å²) in [7, 11) is -3.83. The van der Waals surface area contributed by atoms with Crippen molar-refractivity contribution in [2.24, 2.45) is 0 Å². The molecule has 0 spiro atoms. The first-order valence-corrected chi connectivity index (χ1v) is 6.84. The lowest BCUT2D eigenvalue weighted by Gasteiger charge is -2.07. The summed E-state index contributed by atoms with van der Waals surface area (Å²) in [6.07, 6.45) is 5.22. The predicted molar refractivity (Wildman–Crippen MR) is 72.7 cm³/mol. The first-order chi connectivity index (χ1) is 9.12. The van der Waals surface area contributed by atoms with Gasteiger partial charge in [0.15, 0.2) is 0 Å². The number of hydrogen-bond donors (Lipinski definition) is 1. The zero-order valence-corrected chi connectivity index (χ0v) is 10.7. The lowest BCUT2D eigenvalue weighted by molar-refractivity contribution is 0.391. The van der Waals surface area contributed by atoms with Crippen LogP contribution in [0, 0.1) is 12.3 Å². The summed E-state index contributed by atoms with van der Waals surface area (Å²) >= 11 is 0. The molecule has 1 N–H and O–H groups in total. The van der Waals surface area contributed by atoms with Gasteiger partial charge in [0.2, 0.25) is 0 Å². The molecule has 0 amide bonds. The molecule has 0 aromatic heterocycles. The van der Waals surface area contributed by atoms with Crippen molar-refractivity contribution < 1.29 is 12.7 Å². The molecule has 0 radical (unpaired) electrons. The Morgan fingerprint density at radius 2 is 1.63 bits per heavy atom. The summed E-state index contributed by atoms with van der Waals surface area (Å²) in [5, 5.41) is 0. The molecule has 0 saturated heterocycles. The van der Waals surface area contributed by atoms with E-state index in [0.717, 1.165) is 0 Å². The molecule has 0 aliphatic rings. The first kappa shape index (κ1) is 13.1. The van der Waals surface area contributed by atoms with Gasteiger partial charge in [-0.05, 0) is 36.4 Å². The third-order valence-corrected chi connectivity index (χ3v) is 3.50. The van der Waals surface area contributed by atoms with E-state index in [4.69, 9.17) is 10.7 Å². The highest BCUT2D eigenvalue weighted by Gasteiger charge is 2.14. The largest absolute Gasteiger partial charge is 0.317 e. The number of hydrogen-bond acceptors (Lipinski definition) is 4. The van der Waals surface area contributed by atoms with E-state index in [9.17, 15) is 8.42 Å². The third-order valence-electron chi connectivity index (χ3n) is 2.35. The Balaban J connectivity index is 2.08. The van der Waals surface area contributed by atoms with Crippen molar-refractivity contribution in [1.29, 1.82) is 0 Å². The van der Waals surface area contributed by atoms with E-state index in [1.165, 1.54) is 12.1 Å². The lowest BCUT2D eigenvalue weighted by Crippen LogP contribution is -2.11. The molecule has 19 heavy (non-hydrogen) atoms. The van der Waals surface area contributed by atoms with E-state index in [0.29, 0.717) is 11.3 Å². The van der Waals surface area contributed by atoms with Gasteiger partial charge in [-0.15, -0.1) is 10.7 Å². The second-order valence-corrected chi connectivity index (χ2v) is 5.22. The maximum absolute atomic E-state index is 11.8. The molecule has 2 rings (SSSR count). The number of anilines is 1. The fraction of sp³-hybridized carbons (Fsp3) is 0. The summed E-state index contributed by atoms with van der Waals surface area (Å²) in [5.41, 5.74) is 3.58. The van der Waals surface area contributed by atoms with E-state index in [2.05, 4.69) is 11.4 Å². The minimum Gasteiger partial charge on any atom is -0.249 e. The maximum Gasteiger partial charge on any atom is 0.317 e. The van der Waals surface area contributed by atoms with Crippen LogP contribution in [-0.4, -0.2) is 8.42 Å². The molecule has 0 saturated carbocycles. The Morgan fingerprint density at radius 1 is 1.00 bits per heavy atom. The highest BCUT2D eigenvalue weighted by molar-refractivity contribution is 7.86. The van der Waals surface area contributed by atoms with Gasteiger partial charge in [-0.25, -0.2) is 5.48 Å². The van der Waals surface area contributed by atoms with Crippen LogP contribution in [0.4, 0.5) is 5.69 Å². The van der Waals surface area contributed by atoms with Crippen LogP contribution in [0.25, 0.3) is 0 Å². The molecule has 5 heteroatoms. The monoisotopic (exact) mass is 273 g/mol. The van der Waals surface area contributed by atoms with Crippen molar-refractivity contribution in [2.75, 3.05) is 5.48 Å². The number of nitrogens with one attached hydrogen (secondary N) is 1. The van der Waals surface area contributed by atoms with Crippen LogP contribution < -0.4 is 5.48 Å². The van der Waals surface area contributed by atoms with E-state index in [-0.39, 0.29) is 4.90 Å². The summed E-state index contributed by atoms with van der Waals surface area (Å²) in [5.74, 6) is 2.47. The predicted octanol–water partition coefficient (Wildman–Crippen LogP) is 2.40. The van der Waals surface area contributed by atoms with Crippen LogP contribution in [0.1, 0.15) is 5.56 Å². The Morgan fingerprint density at radius 3 is 2.21 bits per heavy atom. The van der Waals surface area contributed by atoms with Crippen LogP contribution in [0.3, 0.4) is 0 Å². The van der Waals surface area contributed by atoms with Crippen molar-refractivity contribution >= 4 is 15.8 Å². The molecular formula is C14H11NO3S. The average Bonchev–Trinajstić information content (AvgIpc) is 2.47. The molecule has 0 aliphatic heterocycles. The van der Waals surface area contributed by atoms with Crippen molar-refractivity contribution in [3.63, 3.8) is 0 Å². The Hall–Kier alpha value is -2.29. The number of rotatable bonds is 4. The van der Waals surface area contributed by atoms with Crippen LogP contribution in [0.15, 0.2) is 59.5 Å². The molecular weight excluding hydrogens is 262 g/mol. The van der Waals surface area contributed by atoms with Gasteiger partial charge < -0.3 is 0 Å². The molecule has 0 bridgehead atoms. The summed E-state index contributed by atoms with van der Waals surface area (Å²) in [4.78, 5) is 0.0859. The second kappa shape index (κ2) is 5.57. The zero-order valence-electron chi connectivity index (χ0n) is 9.91. The van der Waals surface area contributed by atoms with Gasteiger partial charge >= 0.3 is 10.1 Å². The Bertz CT molecular complexity index is 686. The van der Waals surface area contributed by atoms with Crippen molar-refractivity contribution in [3.8, 4) is 12.3 Å². The molecule has 0 heterocycles. The average molecular weight is 273 g/mol. The van der Waals surface area contributed by atoms with Gasteiger partial charge in [0.05, 0.1) is 10.6 Å². The summed E-state index contributed by atoms with van der Waals surface area (Å²) in [6, 6.07) is 14.5. The zero-order chi connectivity index (χ0) is 13.7. The van der Waals surface area contributed by atoms with E-state index in [1.54, 1.807) is 42.5 Å². The Labute approximate surface area is 112 Å². The van der Waals surface area contributed by atoms with E-state index >= 15 is 0 Å². The molecule has 4 nitrogen and oxygen atoms in total. The van der Waals surface area contributed by atoms with Gasteiger partial charge in [0, 0.05) is 5.56 Å². The van der Waals surface area contributed by atoms with Gasteiger partial charge in [-0.1, -0.05) is 24.1 Å². The smallest absolute Gasteiger partial charge is 0.249 e. The molecule has 2 aromatic rings. The minimum absolute atomic E-state index is 0.0859. The molecule has 2 aromatic carbocycles. The highest BCUT2D eigenvalue weighted by atomic mass is 32.2. The van der Waals surface area contributed by atoms with Crippen LogP contribution in [-0.2, 0) is 14.4 Å². The van der Waals surface area contributed by atoms with Gasteiger partial charge in [0.25, 0.3) is 0 Å².